The molecule has 0 bridgehead atoms. The minimum atomic E-state index is -0.583. The van der Waals surface area contributed by atoms with Crippen LogP contribution in [0.3, 0.4) is 0 Å². The van der Waals surface area contributed by atoms with Gasteiger partial charge in [-0.1, -0.05) is 0 Å². The van der Waals surface area contributed by atoms with E-state index in [0.717, 1.165) is 16.1 Å². The summed E-state index contributed by atoms with van der Waals surface area (Å²) in [5.74, 6) is -0.473. The quantitative estimate of drug-likeness (QED) is 0.930. The van der Waals surface area contributed by atoms with Gasteiger partial charge in [-0.2, -0.15) is 0 Å². The van der Waals surface area contributed by atoms with Crippen LogP contribution in [0.5, 0.6) is 5.75 Å². The largest absolute Gasteiger partial charge is 0.494 e. The van der Waals surface area contributed by atoms with E-state index in [4.69, 9.17) is 4.74 Å². The Morgan fingerprint density at radius 1 is 1.40 bits per heavy atom. The Hall–Kier alpha value is -1.95. The molecule has 0 fully saturated rings. The average molecular weight is 339 g/mol. The molecule has 1 aromatic heterocycles. The monoisotopic (exact) mass is 338 g/mol. The van der Waals surface area contributed by atoms with Crippen LogP contribution in [-0.2, 0) is 0 Å². The first-order chi connectivity index (χ1) is 9.51. The second-order valence-corrected chi connectivity index (χ2v) is 5.04. The Labute approximate surface area is 124 Å². The van der Waals surface area contributed by atoms with E-state index in [1.165, 1.54) is 19.2 Å². The van der Waals surface area contributed by atoms with Gasteiger partial charge in [-0.25, -0.2) is 9.37 Å². The van der Waals surface area contributed by atoms with E-state index in [1.807, 2.05) is 13.0 Å². The van der Waals surface area contributed by atoms with Crippen LogP contribution in [0.15, 0.2) is 34.9 Å². The SMILES string of the molecule is COc1ccc(C(=O)Nc2ncc(Br)cc2C)cc1F. The highest BCUT2D eigenvalue weighted by Gasteiger charge is 2.12. The number of halogens is 2. The molecule has 1 amide bonds. The van der Waals surface area contributed by atoms with Gasteiger partial charge in [0.05, 0.1) is 7.11 Å². The average Bonchev–Trinajstić information content (AvgIpc) is 2.41. The zero-order valence-electron chi connectivity index (χ0n) is 10.9. The molecule has 1 N–H and O–H groups in total. The highest BCUT2D eigenvalue weighted by atomic mass is 79.9. The zero-order valence-corrected chi connectivity index (χ0v) is 12.5. The molecule has 0 atom stereocenters. The summed E-state index contributed by atoms with van der Waals surface area (Å²) < 4.78 is 19.2. The smallest absolute Gasteiger partial charge is 0.256 e. The molecule has 1 heterocycles. The van der Waals surface area contributed by atoms with Crippen molar-refractivity contribution >= 4 is 27.7 Å². The van der Waals surface area contributed by atoms with E-state index in [0.29, 0.717) is 5.82 Å². The first kappa shape index (κ1) is 14.5. The van der Waals surface area contributed by atoms with Crippen LogP contribution in [0.25, 0.3) is 0 Å². The molecular formula is C14H12BrFN2O2. The third-order valence-corrected chi connectivity index (χ3v) is 3.12. The van der Waals surface area contributed by atoms with Crippen LogP contribution >= 0.6 is 15.9 Å². The lowest BCUT2D eigenvalue weighted by atomic mass is 10.2. The first-order valence-corrected chi connectivity index (χ1v) is 6.57. The van der Waals surface area contributed by atoms with Crippen molar-refractivity contribution < 1.29 is 13.9 Å². The molecule has 0 radical (unpaired) electrons. The molecule has 104 valence electrons. The highest BCUT2D eigenvalue weighted by molar-refractivity contribution is 9.10. The van der Waals surface area contributed by atoms with E-state index >= 15 is 0 Å². The zero-order chi connectivity index (χ0) is 14.7. The normalized spacial score (nSPS) is 10.2. The molecule has 0 unspecified atom stereocenters. The number of amides is 1. The molecule has 0 aliphatic heterocycles. The number of carbonyl (C=O) groups is 1. The Morgan fingerprint density at radius 2 is 2.15 bits per heavy atom. The number of hydrogen-bond donors (Lipinski definition) is 1. The summed E-state index contributed by atoms with van der Waals surface area (Å²) in [6.07, 6.45) is 1.58. The van der Waals surface area contributed by atoms with E-state index < -0.39 is 11.7 Å². The van der Waals surface area contributed by atoms with Crippen molar-refractivity contribution in [3.63, 3.8) is 0 Å². The topological polar surface area (TPSA) is 51.2 Å². The predicted octanol–water partition coefficient (Wildman–Crippen LogP) is 3.55. The van der Waals surface area contributed by atoms with Crippen LogP contribution in [0, 0.1) is 12.7 Å². The van der Waals surface area contributed by atoms with Crippen molar-refractivity contribution in [3.05, 3.63) is 51.9 Å². The standard InChI is InChI=1S/C14H12BrFN2O2/c1-8-5-10(15)7-17-13(8)18-14(19)9-3-4-12(20-2)11(16)6-9/h3-7H,1-2H3,(H,17,18,19). The van der Waals surface area contributed by atoms with Crippen molar-refractivity contribution in [2.45, 2.75) is 6.92 Å². The maximum Gasteiger partial charge on any atom is 0.256 e. The first-order valence-electron chi connectivity index (χ1n) is 5.78. The van der Waals surface area contributed by atoms with Gasteiger partial charge in [0.2, 0.25) is 0 Å². The van der Waals surface area contributed by atoms with Gasteiger partial charge in [-0.05, 0) is 52.7 Å². The molecule has 1 aromatic carbocycles. The number of ether oxygens (including phenoxy) is 1. The number of rotatable bonds is 3. The minimum Gasteiger partial charge on any atom is -0.494 e. The van der Waals surface area contributed by atoms with Crippen molar-refractivity contribution in [3.8, 4) is 5.75 Å². The lowest BCUT2D eigenvalue weighted by Crippen LogP contribution is -2.14. The summed E-state index contributed by atoms with van der Waals surface area (Å²) in [6, 6.07) is 5.86. The number of nitrogens with zero attached hydrogens (tertiary/aromatic N) is 1. The number of anilines is 1. The number of pyridine rings is 1. The minimum absolute atomic E-state index is 0.0968. The summed E-state index contributed by atoms with van der Waals surface area (Å²) >= 11 is 3.29. The highest BCUT2D eigenvalue weighted by Crippen LogP contribution is 2.20. The van der Waals surface area contributed by atoms with Gasteiger partial charge in [0.15, 0.2) is 11.6 Å². The second kappa shape index (κ2) is 6.00. The van der Waals surface area contributed by atoms with Gasteiger partial charge in [0.1, 0.15) is 5.82 Å². The van der Waals surface area contributed by atoms with Gasteiger partial charge >= 0.3 is 0 Å². The summed E-state index contributed by atoms with van der Waals surface area (Å²) in [5, 5.41) is 2.64. The summed E-state index contributed by atoms with van der Waals surface area (Å²) in [7, 11) is 1.37. The fourth-order valence-electron chi connectivity index (χ4n) is 1.66. The molecule has 0 aliphatic rings. The Bertz CT molecular complexity index is 662. The number of hydrogen-bond acceptors (Lipinski definition) is 3. The number of aromatic nitrogens is 1. The maximum atomic E-state index is 13.6. The fourth-order valence-corrected chi connectivity index (χ4v) is 2.10. The van der Waals surface area contributed by atoms with Crippen molar-refractivity contribution in [1.29, 1.82) is 0 Å². The Morgan fingerprint density at radius 3 is 2.75 bits per heavy atom. The molecule has 2 aromatic rings. The van der Waals surface area contributed by atoms with Gasteiger partial charge in [0.25, 0.3) is 5.91 Å². The molecule has 0 aliphatic carbocycles. The number of aryl methyl sites for hydroxylation is 1. The third-order valence-electron chi connectivity index (χ3n) is 2.69. The summed E-state index contributed by atoms with van der Waals surface area (Å²) in [6.45, 7) is 1.82. The van der Waals surface area contributed by atoms with Gasteiger partial charge in [0, 0.05) is 16.2 Å². The lowest BCUT2D eigenvalue weighted by molar-refractivity contribution is 0.102. The van der Waals surface area contributed by atoms with Gasteiger partial charge in [-0.3, -0.25) is 4.79 Å². The van der Waals surface area contributed by atoms with Crippen molar-refractivity contribution in [2.75, 3.05) is 12.4 Å². The molecular weight excluding hydrogens is 327 g/mol. The van der Waals surface area contributed by atoms with E-state index in [-0.39, 0.29) is 11.3 Å². The van der Waals surface area contributed by atoms with Crippen molar-refractivity contribution in [2.24, 2.45) is 0 Å². The second-order valence-electron chi connectivity index (χ2n) is 4.12. The molecule has 0 saturated carbocycles. The molecule has 0 saturated heterocycles. The molecule has 4 nitrogen and oxygen atoms in total. The number of nitrogens with one attached hydrogen (secondary N) is 1. The van der Waals surface area contributed by atoms with Crippen LogP contribution < -0.4 is 10.1 Å². The summed E-state index contributed by atoms with van der Waals surface area (Å²) in [4.78, 5) is 16.1. The molecule has 20 heavy (non-hydrogen) atoms. The maximum absolute atomic E-state index is 13.6. The van der Waals surface area contributed by atoms with Crippen LogP contribution in [0.2, 0.25) is 0 Å². The lowest BCUT2D eigenvalue weighted by Gasteiger charge is -2.08. The predicted molar refractivity (Wildman–Crippen MR) is 77.6 cm³/mol. The third kappa shape index (κ3) is 3.14. The number of carbonyl (C=O) groups excluding carboxylic acids is 1. The van der Waals surface area contributed by atoms with Gasteiger partial charge < -0.3 is 10.1 Å². The van der Waals surface area contributed by atoms with Crippen LogP contribution in [-0.4, -0.2) is 18.0 Å². The molecule has 2 rings (SSSR count). The van der Waals surface area contributed by atoms with E-state index in [1.54, 1.807) is 6.20 Å². The summed E-state index contributed by atoms with van der Waals surface area (Å²) in [5.41, 5.74) is 1.01. The molecule has 0 spiro atoms. The van der Waals surface area contributed by atoms with Crippen molar-refractivity contribution in [1.82, 2.24) is 4.98 Å². The number of methoxy groups -OCH3 is 1. The number of benzene rings is 1. The Balaban J connectivity index is 2.21. The Kier molecular flexibility index (Phi) is 4.34. The van der Waals surface area contributed by atoms with E-state index in [2.05, 4.69) is 26.2 Å². The fraction of sp³-hybridized carbons (Fsp3) is 0.143. The van der Waals surface area contributed by atoms with E-state index in [9.17, 15) is 9.18 Å². The molecule has 6 heteroatoms. The van der Waals surface area contributed by atoms with Crippen LogP contribution in [0.4, 0.5) is 10.2 Å². The van der Waals surface area contributed by atoms with Gasteiger partial charge in [-0.15, -0.1) is 0 Å². The van der Waals surface area contributed by atoms with Crippen LogP contribution in [0.1, 0.15) is 15.9 Å².